The SMILES string of the molecule is O=CNNC1=Nc2ccc(Cl)cc2C(c2ccccc2)=NC1. The maximum atomic E-state index is 10.4. The lowest BCUT2D eigenvalue weighted by Crippen LogP contribution is -2.37. The van der Waals surface area contributed by atoms with Gasteiger partial charge in [-0.05, 0) is 18.2 Å². The van der Waals surface area contributed by atoms with Gasteiger partial charge in [-0.1, -0.05) is 41.9 Å². The number of nitrogens with one attached hydrogen (secondary N) is 2. The van der Waals surface area contributed by atoms with Crippen molar-refractivity contribution in [2.24, 2.45) is 9.98 Å². The molecule has 0 spiro atoms. The van der Waals surface area contributed by atoms with Crippen molar-refractivity contribution in [3.05, 3.63) is 64.7 Å². The number of fused-ring (bicyclic) bond motifs is 1. The van der Waals surface area contributed by atoms with E-state index in [2.05, 4.69) is 20.8 Å². The summed E-state index contributed by atoms with van der Waals surface area (Å²) in [5, 5.41) is 0.625. The number of carbonyl (C=O) groups excluding carboxylic acids is 1. The smallest absolute Gasteiger partial charge is 0.225 e. The second-order valence-electron chi connectivity index (χ2n) is 4.64. The third-order valence-electron chi connectivity index (χ3n) is 3.18. The Morgan fingerprint density at radius 1 is 1.14 bits per heavy atom. The fourth-order valence-electron chi connectivity index (χ4n) is 2.24. The number of hydrazine groups is 1. The average Bonchev–Trinajstić information content (AvgIpc) is 2.73. The third kappa shape index (κ3) is 2.99. The van der Waals surface area contributed by atoms with Gasteiger partial charge >= 0.3 is 0 Å². The first-order valence-corrected chi connectivity index (χ1v) is 7.08. The molecule has 1 aliphatic rings. The zero-order chi connectivity index (χ0) is 15.4. The summed E-state index contributed by atoms with van der Waals surface area (Å²) in [6.07, 6.45) is 0.554. The van der Waals surface area contributed by atoms with Crippen LogP contribution in [0.5, 0.6) is 0 Å². The van der Waals surface area contributed by atoms with E-state index in [9.17, 15) is 4.79 Å². The second-order valence-corrected chi connectivity index (χ2v) is 5.07. The molecule has 0 fully saturated rings. The Hall–Kier alpha value is -2.66. The summed E-state index contributed by atoms with van der Waals surface area (Å²) in [6, 6.07) is 15.3. The molecular formula is C16H13ClN4O. The molecule has 0 saturated heterocycles. The number of halogens is 1. The Morgan fingerprint density at radius 3 is 2.73 bits per heavy atom. The lowest BCUT2D eigenvalue weighted by molar-refractivity contribution is -0.110. The summed E-state index contributed by atoms with van der Waals surface area (Å²) < 4.78 is 0. The number of amidine groups is 1. The molecule has 0 unspecified atom stereocenters. The van der Waals surface area contributed by atoms with Crippen molar-refractivity contribution in [2.45, 2.75) is 0 Å². The fraction of sp³-hybridized carbons (Fsp3) is 0.0625. The van der Waals surface area contributed by atoms with Gasteiger partial charge in [0.25, 0.3) is 0 Å². The van der Waals surface area contributed by atoms with Crippen LogP contribution in [0.25, 0.3) is 0 Å². The van der Waals surface area contributed by atoms with Gasteiger partial charge in [-0.15, -0.1) is 0 Å². The summed E-state index contributed by atoms with van der Waals surface area (Å²) in [6.45, 7) is 0.331. The Morgan fingerprint density at radius 2 is 1.95 bits per heavy atom. The largest absolute Gasteiger partial charge is 0.284 e. The normalized spacial score (nSPS) is 13.3. The van der Waals surface area contributed by atoms with Gasteiger partial charge in [-0.25, -0.2) is 4.99 Å². The highest BCUT2D eigenvalue weighted by Crippen LogP contribution is 2.28. The van der Waals surface area contributed by atoms with Crippen LogP contribution in [0.2, 0.25) is 5.02 Å². The topological polar surface area (TPSA) is 65.8 Å². The average molecular weight is 313 g/mol. The van der Waals surface area contributed by atoms with Crippen molar-refractivity contribution in [3.8, 4) is 0 Å². The predicted octanol–water partition coefficient (Wildman–Crippen LogP) is 2.47. The number of hydrogen-bond acceptors (Lipinski definition) is 4. The number of benzene rings is 2. The molecular weight excluding hydrogens is 300 g/mol. The van der Waals surface area contributed by atoms with Crippen LogP contribution < -0.4 is 10.9 Å². The quantitative estimate of drug-likeness (QED) is 0.675. The van der Waals surface area contributed by atoms with Gasteiger partial charge in [-0.2, -0.15) is 0 Å². The molecule has 0 aromatic heterocycles. The molecule has 6 heteroatoms. The summed E-state index contributed by atoms with van der Waals surface area (Å²) in [5.74, 6) is 0.557. The molecule has 0 saturated carbocycles. The molecule has 2 aromatic rings. The van der Waals surface area contributed by atoms with E-state index in [1.807, 2.05) is 42.5 Å². The van der Waals surface area contributed by atoms with E-state index >= 15 is 0 Å². The zero-order valence-corrected chi connectivity index (χ0v) is 12.3. The minimum Gasteiger partial charge on any atom is -0.284 e. The van der Waals surface area contributed by atoms with Crippen molar-refractivity contribution < 1.29 is 4.79 Å². The van der Waals surface area contributed by atoms with Crippen molar-refractivity contribution in [1.29, 1.82) is 0 Å². The van der Waals surface area contributed by atoms with E-state index in [1.165, 1.54) is 0 Å². The Labute approximate surface area is 132 Å². The fourth-order valence-corrected chi connectivity index (χ4v) is 2.41. The van der Waals surface area contributed by atoms with Crippen LogP contribution in [0.3, 0.4) is 0 Å². The van der Waals surface area contributed by atoms with Crippen LogP contribution in [0.4, 0.5) is 5.69 Å². The molecule has 0 radical (unpaired) electrons. The summed E-state index contributed by atoms with van der Waals surface area (Å²) in [7, 11) is 0. The molecule has 0 bridgehead atoms. The van der Waals surface area contributed by atoms with Gasteiger partial charge in [0.15, 0.2) is 0 Å². The van der Waals surface area contributed by atoms with E-state index in [0.29, 0.717) is 23.8 Å². The van der Waals surface area contributed by atoms with Crippen LogP contribution >= 0.6 is 11.6 Å². The number of nitrogens with zero attached hydrogens (tertiary/aromatic N) is 2. The molecule has 110 valence electrons. The molecule has 1 heterocycles. The molecule has 1 amide bonds. The minimum atomic E-state index is 0.331. The minimum absolute atomic E-state index is 0.331. The van der Waals surface area contributed by atoms with Crippen molar-refractivity contribution in [1.82, 2.24) is 10.9 Å². The van der Waals surface area contributed by atoms with Crippen molar-refractivity contribution in [2.75, 3.05) is 6.54 Å². The number of hydrogen-bond donors (Lipinski definition) is 2. The number of carbonyl (C=O) groups is 1. The van der Waals surface area contributed by atoms with E-state index in [-0.39, 0.29) is 0 Å². The molecule has 5 nitrogen and oxygen atoms in total. The van der Waals surface area contributed by atoms with Crippen molar-refractivity contribution >= 4 is 35.2 Å². The summed E-state index contributed by atoms with van der Waals surface area (Å²) >= 11 is 6.12. The van der Waals surface area contributed by atoms with Gasteiger partial charge in [-0.3, -0.25) is 20.6 Å². The van der Waals surface area contributed by atoms with Crippen LogP contribution in [-0.4, -0.2) is 24.5 Å². The number of amides is 1. The maximum Gasteiger partial charge on any atom is 0.225 e. The maximum absolute atomic E-state index is 10.4. The van der Waals surface area contributed by atoms with Gasteiger partial charge in [0.05, 0.1) is 17.9 Å². The van der Waals surface area contributed by atoms with E-state index < -0.39 is 0 Å². The van der Waals surface area contributed by atoms with E-state index in [1.54, 1.807) is 6.07 Å². The van der Waals surface area contributed by atoms with Crippen LogP contribution in [-0.2, 0) is 4.79 Å². The first-order valence-electron chi connectivity index (χ1n) is 6.70. The standard InChI is InChI=1S/C16H13ClN4O/c17-12-6-7-14-13(8-12)16(11-4-2-1-3-5-11)18-9-15(20-14)21-19-10-22/h1-8,10H,9H2,(H,19,22)(H,20,21). The molecule has 3 rings (SSSR count). The first-order chi connectivity index (χ1) is 10.8. The number of rotatable bonds is 3. The number of aliphatic imine (C=N–C) groups is 2. The highest BCUT2D eigenvalue weighted by Gasteiger charge is 2.16. The lowest BCUT2D eigenvalue weighted by atomic mass is 10.0. The van der Waals surface area contributed by atoms with Crippen LogP contribution in [0.15, 0.2) is 58.5 Å². The highest BCUT2D eigenvalue weighted by atomic mass is 35.5. The first kappa shape index (κ1) is 14.3. The van der Waals surface area contributed by atoms with E-state index in [4.69, 9.17) is 11.6 Å². The third-order valence-corrected chi connectivity index (χ3v) is 3.41. The molecule has 0 atom stereocenters. The van der Waals surface area contributed by atoms with Gasteiger partial charge < -0.3 is 0 Å². The molecule has 1 aliphatic heterocycles. The zero-order valence-electron chi connectivity index (χ0n) is 11.6. The monoisotopic (exact) mass is 312 g/mol. The predicted molar refractivity (Wildman–Crippen MR) is 87.8 cm³/mol. The van der Waals surface area contributed by atoms with Gasteiger partial charge in [0.2, 0.25) is 6.41 Å². The van der Waals surface area contributed by atoms with Crippen LogP contribution in [0, 0.1) is 0 Å². The van der Waals surface area contributed by atoms with Gasteiger partial charge in [0, 0.05) is 16.1 Å². The molecule has 0 aliphatic carbocycles. The van der Waals surface area contributed by atoms with Crippen molar-refractivity contribution in [3.63, 3.8) is 0 Å². The molecule has 2 aromatic carbocycles. The van der Waals surface area contributed by atoms with E-state index in [0.717, 1.165) is 22.5 Å². The second kappa shape index (κ2) is 6.41. The Bertz CT molecular complexity index is 756. The highest BCUT2D eigenvalue weighted by molar-refractivity contribution is 6.31. The van der Waals surface area contributed by atoms with Crippen LogP contribution in [0.1, 0.15) is 11.1 Å². The summed E-state index contributed by atoms with van der Waals surface area (Å²) in [4.78, 5) is 19.6. The Balaban J connectivity index is 2.09. The summed E-state index contributed by atoms with van der Waals surface area (Å²) in [5.41, 5.74) is 8.54. The molecule has 22 heavy (non-hydrogen) atoms. The van der Waals surface area contributed by atoms with Gasteiger partial charge in [0.1, 0.15) is 5.84 Å². The lowest BCUT2D eigenvalue weighted by Gasteiger charge is -2.08. The Kier molecular flexibility index (Phi) is 4.16. The molecule has 2 N–H and O–H groups in total.